The van der Waals surface area contributed by atoms with Crippen LogP contribution in [0.2, 0.25) is 0 Å². The minimum absolute atomic E-state index is 0.0155. The van der Waals surface area contributed by atoms with Gasteiger partial charge in [-0.3, -0.25) is 9.59 Å². The van der Waals surface area contributed by atoms with Crippen molar-refractivity contribution in [3.63, 3.8) is 0 Å². The van der Waals surface area contributed by atoms with Gasteiger partial charge in [0.15, 0.2) is 0 Å². The summed E-state index contributed by atoms with van der Waals surface area (Å²) in [7, 11) is 1.59. The SMILES string of the molecule is COc1cc(OC2CCN(C(C)=O)CC2)ccc1C(=O)N1CCC(N2C(=S)CCc3ccccc32)CC1. The van der Waals surface area contributed by atoms with E-state index in [2.05, 4.69) is 29.2 Å². The molecule has 0 saturated carbocycles. The number of fused-ring (bicyclic) bond motifs is 1. The molecule has 0 radical (unpaired) electrons. The van der Waals surface area contributed by atoms with Crippen LogP contribution in [0.3, 0.4) is 0 Å². The minimum Gasteiger partial charge on any atom is -0.496 e. The molecule has 0 bridgehead atoms. The van der Waals surface area contributed by atoms with Crippen molar-refractivity contribution in [1.29, 1.82) is 0 Å². The monoisotopic (exact) mass is 521 g/mol. The maximum Gasteiger partial charge on any atom is 0.257 e. The van der Waals surface area contributed by atoms with Crippen LogP contribution in [0.1, 0.15) is 54.9 Å². The zero-order valence-corrected chi connectivity index (χ0v) is 22.5. The lowest BCUT2D eigenvalue weighted by molar-refractivity contribution is -0.130. The Morgan fingerprint density at radius 2 is 1.62 bits per heavy atom. The molecule has 3 heterocycles. The van der Waals surface area contributed by atoms with E-state index in [1.807, 2.05) is 21.9 Å². The number of carbonyl (C=O) groups excluding carboxylic acids is 2. The molecule has 5 rings (SSSR count). The van der Waals surface area contributed by atoms with E-state index >= 15 is 0 Å². The molecule has 0 aliphatic carbocycles. The van der Waals surface area contributed by atoms with Gasteiger partial charge >= 0.3 is 0 Å². The van der Waals surface area contributed by atoms with Gasteiger partial charge < -0.3 is 24.2 Å². The second-order valence-corrected chi connectivity index (χ2v) is 10.6. The molecule has 8 heteroatoms. The highest BCUT2D eigenvalue weighted by molar-refractivity contribution is 7.80. The Hall–Kier alpha value is -3.13. The number of benzene rings is 2. The number of carbonyl (C=O) groups is 2. The fourth-order valence-corrected chi connectivity index (χ4v) is 6.10. The molecule has 0 unspecified atom stereocenters. The van der Waals surface area contributed by atoms with Gasteiger partial charge in [0.2, 0.25) is 5.91 Å². The Bertz CT molecular complexity index is 1170. The summed E-state index contributed by atoms with van der Waals surface area (Å²) in [6.07, 6.45) is 5.30. The molecule has 0 aromatic heterocycles. The molecule has 0 spiro atoms. The molecule has 196 valence electrons. The standard InChI is InChI=1S/C29H35N3O4S/c1-20(33)30-17-13-23(14-18-30)36-24-8-9-25(27(19-24)35-2)29(34)31-15-11-22(12-16-31)32-26-6-4-3-5-21(26)7-10-28(32)37/h3-6,8-9,19,22-23H,7,10-18H2,1-2H3. The molecule has 2 saturated heterocycles. The fourth-order valence-electron chi connectivity index (χ4n) is 5.75. The van der Waals surface area contributed by atoms with Gasteiger partial charge in [0.25, 0.3) is 5.91 Å². The van der Waals surface area contributed by atoms with Crippen LogP contribution >= 0.6 is 12.2 Å². The molecular formula is C29H35N3O4S. The minimum atomic E-state index is -0.0155. The summed E-state index contributed by atoms with van der Waals surface area (Å²) in [5, 5.41) is 0. The lowest BCUT2D eigenvalue weighted by Gasteiger charge is -2.42. The predicted molar refractivity (Wildman–Crippen MR) is 148 cm³/mol. The number of thiocarbonyl (C=S) groups is 1. The number of para-hydroxylation sites is 1. The number of amides is 2. The van der Waals surface area contributed by atoms with Crippen molar-refractivity contribution in [2.75, 3.05) is 38.2 Å². The highest BCUT2D eigenvalue weighted by atomic mass is 32.1. The number of anilines is 1. The highest BCUT2D eigenvalue weighted by Crippen LogP contribution is 2.34. The quantitative estimate of drug-likeness (QED) is 0.541. The second-order valence-electron chi connectivity index (χ2n) is 10.1. The van der Waals surface area contributed by atoms with E-state index < -0.39 is 0 Å². The summed E-state index contributed by atoms with van der Waals surface area (Å²) in [5.41, 5.74) is 3.14. The third-order valence-corrected chi connectivity index (χ3v) is 8.24. The van der Waals surface area contributed by atoms with E-state index in [4.69, 9.17) is 21.7 Å². The van der Waals surface area contributed by atoms with Crippen molar-refractivity contribution in [2.45, 2.75) is 57.6 Å². The van der Waals surface area contributed by atoms with Crippen LogP contribution in [-0.4, -0.2) is 72.0 Å². The summed E-state index contributed by atoms with van der Waals surface area (Å²) in [4.78, 5) is 32.1. The first kappa shape index (κ1) is 25.5. The Kier molecular flexibility index (Phi) is 7.65. The van der Waals surface area contributed by atoms with E-state index in [1.54, 1.807) is 20.1 Å². The molecule has 2 fully saturated rings. The Morgan fingerprint density at radius 3 is 2.32 bits per heavy atom. The smallest absolute Gasteiger partial charge is 0.257 e. The van der Waals surface area contributed by atoms with Crippen LogP contribution in [0.5, 0.6) is 11.5 Å². The Morgan fingerprint density at radius 1 is 0.919 bits per heavy atom. The van der Waals surface area contributed by atoms with Crippen LogP contribution in [0.15, 0.2) is 42.5 Å². The number of methoxy groups -OCH3 is 1. The van der Waals surface area contributed by atoms with E-state index in [1.165, 1.54) is 11.3 Å². The Labute approximate surface area is 224 Å². The normalized spacial score (nSPS) is 19.0. The van der Waals surface area contributed by atoms with E-state index in [9.17, 15) is 9.59 Å². The number of aryl methyl sites for hydroxylation is 1. The first-order valence-corrected chi connectivity index (χ1v) is 13.6. The molecule has 2 aromatic rings. The van der Waals surface area contributed by atoms with Crippen LogP contribution in [0.4, 0.5) is 5.69 Å². The number of likely N-dealkylation sites (tertiary alicyclic amines) is 2. The van der Waals surface area contributed by atoms with Gasteiger partial charge in [-0.05, 0) is 43.0 Å². The average molecular weight is 522 g/mol. The number of rotatable bonds is 5. The number of hydrogen-bond acceptors (Lipinski definition) is 5. The van der Waals surface area contributed by atoms with Crippen LogP contribution in [0, 0.1) is 0 Å². The van der Waals surface area contributed by atoms with Gasteiger partial charge in [0.05, 0.1) is 17.7 Å². The number of piperidine rings is 2. The van der Waals surface area contributed by atoms with Crippen molar-refractivity contribution in [2.24, 2.45) is 0 Å². The van der Waals surface area contributed by atoms with Gasteiger partial charge in [-0.15, -0.1) is 0 Å². The van der Waals surface area contributed by atoms with Crippen molar-refractivity contribution in [3.8, 4) is 11.5 Å². The number of nitrogens with zero attached hydrogens (tertiary/aromatic N) is 3. The lowest BCUT2D eigenvalue weighted by atomic mass is 9.95. The third-order valence-electron chi connectivity index (χ3n) is 7.84. The third kappa shape index (κ3) is 5.44. The summed E-state index contributed by atoms with van der Waals surface area (Å²) in [6, 6.07) is 14.3. The van der Waals surface area contributed by atoms with Crippen molar-refractivity contribution in [3.05, 3.63) is 53.6 Å². The van der Waals surface area contributed by atoms with Crippen LogP contribution < -0.4 is 14.4 Å². The molecule has 3 aliphatic heterocycles. The molecule has 37 heavy (non-hydrogen) atoms. The summed E-state index contributed by atoms with van der Waals surface area (Å²) in [6.45, 7) is 4.38. The fraction of sp³-hybridized carbons (Fsp3) is 0.483. The van der Waals surface area contributed by atoms with E-state index in [0.29, 0.717) is 49.3 Å². The van der Waals surface area contributed by atoms with Crippen molar-refractivity contribution >= 4 is 34.7 Å². The predicted octanol–water partition coefficient (Wildman–Crippen LogP) is 4.47. The first-order valence-electron chi connectivity index (χ1n) is 13.2. The van der Waals surface area contributed by atoms with Gasteiger partial charge in [-0.2, -0.15) is 0 Å². The molecule has 0 N–H and O–H groups in total. The lowest BCUT2D eigenvalue weighted by Crippen LogP contribution is -2.50. The average Bonchev–Trinajstić information content (AvgIpc) is 2.93. The van der Waals surface area contributed by atoms with Gasteiger partial charge in [-0.25, -0.2) is 0 Å². The summed E-state index contributed by atoms with van der Waals surface area (Å²) in [5.74, 6) is 1.30. The van der Waals surface area contributed by atoms with E-state index in [-0.39, 0.29) is 17.9 Å². The first-order chi connectivity index (χ1) is 17.9. The summed E-state index contributed by atoms with van der Waals surface area (Å²) < 4.78 is 11.8. The maximum atomic E-state index is 13.5. The topological polar surface area (TPSA) is 62.3 Å². The van der Waals surface area contributed by atoms with Crippen molar-refractivity contribution in [1.82, 2.24) is 9.80 Å². The molecule has 0 atom stereocenters. The highest BCUT2D eigenvalue weighted by Gasteiger charge is 2.33. The zero-order chi connectivity index (χ0) is 25.9. The summed E-state index contributed by atoms with van der Waals surface area (Å²) >= 11 is 5.76. The molecule has 2 amide bonds. The van der Waals surface area contributed by atoms with Gasteiger partial charge in [0, 0.05) is 70.2 Å². The molecule has 2 aromatic carbocycles. The zero-order valence-electron chi connectivity index (χ0n) is 21.7. The second kappa shape index (κ2) is 11.1. The largest absolute Gasteiger partial charge is 0.496 e. The maximum absolute atomic E-state index is 13.5. The van der Waals surface area contributed by atoms with Crippen molar-refractivity contribution < 1.29 is 19.1 Å². The van der Waals surface area contributed by atoms with Gasteiger partial charge in [0.1, 0.15) is 17.6 Å². The molecule has 7 nitrogen and oxygen atoms in total. The van der Waals surface area contributed by atoms with E-state index in [0.717, 1.165) is 43.5 Å². The van der Waals surface area contributed by atoms with Crippen LogP contribution in [-0.2, 0) is 11.2 Å². The Balaban J connectivity index is 1.21. The molecule has 3 aliphatic rings. The number of ether oxygens (including phenoxy) is 2. The van der Waals surface area contributed by atoms with Gasteiger partial charge in [-0.1, -0.05) is 30.4 Å². The molecular weight excluding hydrogens is 486 g/mol. The van der Waals surface area contributed by atoms with Crippen LogP contribution in [0.25, 0.3) is 0 Å². The number of hydrogen-bond donors (Lipinski definition) is 0.